The van der Waals surface area contributed by atoms with Gasteiger partial charge < -0.3 is 4.90 Å². The summed E-state index contributed by atoms with van der Waals surface area (Å²) in [7, 11) is 0. The minimum absolute atomic E-state index is 0.0465. The molecule has 1 amide bonds. The van der Waals surface area contributed by atoms with Crippen LogP contribution in [-0.4, -0.2) is 31.6 Å². The number of rotatable bonds is 5. The van der Waals surface area contributed by atoms with Crippen molar-refractivity contribution >= 4 is 21.8 Å². The molecule has 4 rings (SSSR count). The molecule has 5 nitrogen and oxygen atoms in total. The van der Waals surface area contributed by atoms with Crippen LogP contribution in [0.25, 0.3) is 5.69 Å². The summed E-state index contributed by atoms with van der Waals surface area (Å²) in [5.74, 6) is 0.0465. The van der Waals surface area contributed by atoms with E-state index in [1.54, 1.807) is 18.6 Å². The zero-order valence-electron chi connectivity index (χ0n) is 14.5. The summed E-state index contributed by atoms with van der Waals surface area (Å²) >= 11 is 3.44. The summed E-state index contributed by atoms with van der Waals surface area (Å²) < 4.78 is 2.83. The molecule has 0 spiro atoms. The van der Waals surface area contributed by atoms with E-state index in [0.29, 0.717) is 18.2 Å². The third-order valence-corrected chi connectivity index (χ3v) is 5.19. The third kappa shape index (κ3) is 3.42. The number of aromatic nitrogens is 3. The van der Waals surface area contributed by atoms with Gasteiger partial charge in [0.15, 0.2) is 0 Å². The average molecular weight is 411 g/mol. The molecule has 6 heteroatoms. The quantitative estimate of drug-likeness (QED) is 0.634. The van der Waals surface area contributed by atoms with Crippen LogP contribution < -0.4 is 0 Å². The highest BCUT2D eigenvalue weighted by molar-refractivity contribution is 9.10. The molecule has 0 unspecified atom stereocenters. The number of halogens is 1. The molecule has 0 aliphatic heterocycles. The number of hydrogen-bond donors (Lipinski definition) is 0. The van der Waals surface area contributed by atoms with Crippen molar-refractivity contribution in [2.75, 3.05) is 0 Å². The largest absolute Gasteiger partial charge is 0.331 e. The van der Waals surface area contributed by atoms with Crippen molar-refractivity contribution in [3.05, 3.63) is 76.3 Å². The van der Waals surface area contributed by atoms with Crippen molar-refractivity contribution in [2.24, 2.45) is 0 Å². The Morgan fingerprint density at radius 1 is 1.19 bits per heavy atom. The maximum atomic E-state index is 13.2. The molecule has 3 aromatic rings. The Morgan fingerprint density at radius 2 is 1.88 bits per heavy atom. The summed E-state index contributed by atoms with van der Waals surface area (Å²) in [5, 5.41) is 4.45. The SMILES string of the molecule is Cc1c(C(=O)N(Cc2ccncc2)C2CC2)cnn1-c1ccc(Br)cc1. The van der Waals surface area contributed by atoms with Gasteiger partial charge in [-0.2, -0.15) is 5.10 Å². The minimum atomic E-state index is 0.0465. The van der Waals surface area contributed by atoms with Gasteiger partial charge in [-0.3, -0.25) is 9.78 Å². The maximum absolute atomic E-state index is 13.2. The summed E-state index contributed by atoms with van der Waals surface area (Å²) in [6, 6.07) is 12.1. The van der Waals surface area contributed by atoms with E-state index in [9.17, 15) is 4.79 Å². The van der Waals surface area contributed by atoms with Gasteiger partial charge in [-0.25, -0.2) is 4.68 Å². The normalized spacial score (nSPS) is 13.6. The van der Waals surface area contributed by atoms with Crippen LogP contribution in [0.4, 0.5) is 0 Å². The van der Waals surface area contributed by atoms with Crippen molar-refractivity contribution in [2.45, 2.75) is 32.4 Å². The highest BCUT2D eigenvalue weighted by atomic mass is 79.9. The van der Waals surface area contributed by atoms with Gasteiger partial charge in [0.05, 0.1) is 23.1 Å². The molecular weight excluding hydrogens is 392 g/mol. The molecule has 1 aliphatic carbocycles. The van der Waals surface area contributed by atoms with Gasteiger partial charge in [0.2, 0.25) is 0 Å². The Balaban J connectivity index is 1.61. The monoisotopic (exact) mass is 410 g/mol. The number of hydrogen-bond acceptors (Lipinski definition) is 3. The fourth-order valence-electron chi connectivity index (χ4n) is 3.05. The first-order valence-corrected chi connectivity index (χ1v) is 9.43. The predicted molar refractivity (Wildman–Crippen MR) is 103 cm³/mol. The van der Waals surface area contributed by atoms with E-state index < -0.39 is 0 Å². The van der Waals surface area contributed by atoms with Crippen LogP contribution in [0.2, 0.25) is 0 Å². The van der Waals surface area contributed by atoms with Gasteiger partial charge in [-0.15, -0.1) is 0 Å². The predicted octanol–water partition coefficient (Wildman–Crippen LogP) is 4.14. The van der Waals surface area contributed by atoms with Gasteiger partial charge in [-0.05, 0) is 61.7 Å². The second-order valence-electron chi connectivity index (χ2n) is 6.55. The van der Waals surface area contributed by atoms with Gasteiger partial charge in [0.25, 0.3) is 5.91 Å². The van der Waals surface area contributed by atoms with E-state index in [0.717, 1.165) is 34.3 Å². The van der Waals surface area contributed by atoms with Crippen LogP contribution in [-0.2, 0) is 6.54 Å². The van der Waals surface area contributed by atoms with E-state index in [1.807, 2.05) is 52.9 Å². The molecule has 2 heterocycles. The zero-order valence-corrected chi connectivity index (χ0v) is 16.1. The first kappa shape index (κ1) is 17.0. The Bertz CT molecular complexity index is 917. The van der Waals surface area contributed by atoms with E-state index in [4.69, 9.17) is 0 Å². The highest BCUT2D eigenvalue weighted by Gasteiger charge is 2.34. The minimum Gasteiger partial charge on any atom is -0.331 e. The van der Waals surface area contributed by atoms with Crippen LogP contribution in [0, 0.1) is 6.92 Å². The molecule has 0 radical (unpaired) electrons. The van der Waals surface area contributed by atoms with E-state index >= 15 is 0 Å². The molecule has 26 heavy (non-hydrogen) atoms. The summed E-state index contributed by atoms with van der Waals surface area (Å²) in [4.78, 5) is 19.2. The number of amides is 1. The second kappa shape index (κ2) is 7.03. The fourth-order valence-corrected chi connectivity index (χ4v) is 3.32. The number of pyridine rings is 1. The van der Waals surface area contributed by atoms with Gasteiger partial charge >= 0.3 is 0 Å². The van der Waals surface area contributed by atoms with E-state index in [1.165, 1.54) is 0 Å². The number of benzene rings is 1. The molecule has 0 N–H and O–H groups in total. The maximum Gasteiger partial charge on any atom is 0.257 e. The lowest BCUT2D eigenvalue weighted by molar-refractivity contribution is 0.0729. The summed E-state index contributed by atoms with van der Waals surface area (Å²) in [5.41, 5.74) is 3.56. The summed E-state index contributed by atoms with van der Waals surface area (Å²) in [6.07, 6.45) is 7.35. The average Bonchev–Trinajstić information content (AvgIpc) is 3.43. The lowest BCUT2D eigenvalue weighted by atomic mass is 10.2. The van der Waals surface area contributed by atoms with Crippen LogP contribution in [0.5, 0.6) is 0 Å². The first-order valence-electron chi connectivity index (χ1n) is 8.64. The van der Waals surface area contributed by atoms with Crippen molar-refractivity contribution in [1.82, 2.24) is 19.7 Å². The van der Waals surface area contributed by atoms with Crippen molar-refractivity contribution in [1.29, 1.82) is 0 Å². The van der Waals surface area contributed by atoms with Crippen molar-refractivity contribution in [3.8, 4) is 5.69 Å². The molecule has 132 valence electrons. The van der Waals surface area contributed by atoms with Crippen molar-refractivity contribution < 1.29 is 4.79 Å². The first-order chi connectivity index (χ1) is 12.6. The molecule has 1 aromatic carbocycles. The molecule has 1 saturated carbocycles. The van der Waals surface area contributed by atoms with Gasteiger partial charge in [0.1, 0.15) is 0 Å². The van der Waals surface area contributed by atoms with Crippen LogP contribution >= 0.6 is 15.9 Å². The van der Waals surface area contributed by atoms with Gasteiger partial charge in [-0.1, -0.05) is 15.9 Å². The Kier molecular flexibility index (Phi) is 4.59. The van der Waals surface area contributed by atoms with Crippen LogP contribution in [0.3, 0.4) is 0 Å². The zero-order chi connectivity index (χ0) is 18.1. The lowest BCUT2D eigenvalue weighted by Gasteiger charge is -2.22. The summed E-state index contributed by atoms with van der Waals surface area (Å²) in [6.45, 7) is 2.55. The molecule has 0 bridgehead atoms. The molecule has 0 atom stereocenters. The number of carbonyl (C=O) groups is 1. The standard InChI is InChI=1S/C20H19BrN4O/c1-14-19(12-23-25(14)18-4-2-16(21)3-5-18)20(26)24(17-6-7-17)13-15-8-10-22-11-9-15/h2-5,8-12,17H,6-7,13H2,1H3. The van der Waals surface area contributed by atoms with E-state index in [-0.39, 0.29) is 5.91 Å². The van der Waals surface area contributed by atoms with Crippen molar-refractivity contribution in [3.63, 3.8) is 0 Å². The molecule has 1 fully saturated rings. The second-order valence-corrected chi connectivity index (χ2v) is 7.47. The number of carbonyl (C=O) groups excluding carboxylic acids is 1. The lowest BCUT2D eigenvalue weighted by Crippen LogP contribution is -2.32. The fraction of sp³-hybridized carbons (Fsp3) is 0.250. The molecule has 0 saturated heterocycles. The Morgan fingerprint density at radius 3 is 2.54 bits per heavy atom. The smallest absolute Gasteiger partial charge is 0.257 e. The number of nitrogens with zero attached hydrogens (tertiary/aromatic N) is 4. The third-order valence-electron chi connectivity index (χ3n) is 4.66. The van der Waals surface area contributed by atoms with E-state index in [2.05, 4.69) is 26.0 Å². The van der Waals surface area contributed by atoms with Crippen LogP contribution in [0.1, 0.15) is 34.5 Å². The highest BCUT2D eigenvalue weighted by Crippen LogP contribution is 2.30. The van der Waals surface area contributed by atoms with Crippen LogP contribution in [0.15, 0.2) is 59.5 Å². The molecule has 2 aromatic heterocycles. The van der Waals surface area contributed by atoms with Gasteiger partial charge in [0, 0.05) is 29.5 Å². The Labute approximate surface area is 160 Å². The molecular formula is C20H19BrN4O. The Hall–Kier alpha value is -2.47. The molecule has 1 aliphatic rings. The topological polar surface area (TPSA) is 51.0 Å².